The number of aromatic nitrogens is 1. The second kappa shape index (κ2) is 7.57. The Hall–Kier alpha value is -3.36. The molecular formula is C21H19N3O4S. The van der Waals surface area contributed by atoms with Gasteiger partial charge in [-0.15, -0.1) is 4.83 Å². The monoisotopic (exact) mass is 409 g/mol. The Bertz CT molecular complexity index is 1240. The molecule has 29 heavy (non-hydrogen) atoms. The number of carbonyl (C=O) groups excluding carboxylic acids is 1. The zero-order chi connectivity index (χ0) is 20.4. The molecule has 0 atom stereocenters. The summed E-state index contributed by atoms with van der Waals surface area (Å²) >= 11 is 0. The summed E-state index contributed by atoms with van der Waals surface area (Å²) in [5, 5.41) is 2.07. The maximum Gasteiger partial charge on any atom is 0.257 e. The van der Waals surface area contributed by atoms with Crippen LogP contribution in [0.1, 0.15) is 0 Å². The van der Waals surface area contributed by atoms with Gasteiger partial charge in [-0.3, -0.25) is 10.2 Å². The van der Waals surface area contributed by atoms with Gasteiger partial charge in [0.25, 0.3) is 15.9 Å². The van der Waals surface area contributed by atoms with Gasteiger partial charge in [0.05, 0.1) is 12.0 Å². The predicted octanol–water partition coefficient (Wildman–Crippen LogP) is 2.81. The summed E-state index contributed by atoms with van der Waals surface area (Å²) in [5.41, 5.74) is 4.10. The molecule has 0 saturated heterocycles. The van der Waals surface area contributed by atoms with Gasteiger partial charge in [-0.05, 0) is 36.4 Å². The predicted molar refractivity (Wildman–Crippen MR) is 111 cm³/mol. The van der Waals surface area contributed by atoms with E-state index in [1.165, 1.54) is 31.4 Å². The van der Waals surface area contributed by atoms with Crippen molar-refractivity contribution in [1.82, 2.24) is 14.8 Å². The van der Waals surface area contributed by atoms with E-state index >= 15 is 0 Å². The zero-order valence-electron chi connectivity index (χ0n) is 15.6. The zero-order valence-corrected chi connectivity index (χ0v) is 16.4. The highest BCUT2D eigenvalue weighted by Crippen LogP contribution is 2.28. The third-order valence-corrected chi connectivity index (χ3v) is 5.94. The Morgan fingerprint density at radius 3 is 2.00 bits per heavy atom. The third-order valence-electron chi connectivity index (χ3n) is 4.68. The van der Waals surface area contributed by atoms with Crippen LogP contribution in [0.5, 0.6) is 5.75 Å². The summed E-state index contributed by atoms with van der Waals surface area (Å²) < 4.78 is 31.7. The van der Waals surface area contributed by atoms with Gasteiger partial charge in [-0.1, -0.05) is 36.4 Å². The molecule has 0 aliphatic carbocycles. The number of para-hydroxylation sites is 2. The topological polar surface area (TPSA) is 89.4 Å². The van der Waals surface area contributed by atoms with Crippen LogP contribution in [0.4, 0.5) is 0 Å². The fourth-order valence-electron chi connectivity index (χ4n) is 3.29. The number of hydrazine groups is 1. The van der Waals surface area contributed by atoms with Crippen LogP contribution < -0.4 is 15.0 Å². The van der Waals surface area contributed by atoms with Crippen LogP contribution in [0.15, 0.2) is 77.7 Å². The molecule has 0 aliphatic heterocycles. The Morgan fingerprint density at radius 1 is 0.897 bits per heavy atom. The number of nitrogens with zero attached hydrogens (tertiary/aromatic N) is 1. The average molecular weight is 409 g/mol. The smallest absolute Gasteiger partial charge is 0.257 e. The lowest BCUT2D eigenvalue weighted by Crippen LogP contribution is -2.43. The second-order valence-corrected chi connectivity index (χ2v) is 8.13. The Balaban J connectivity index is 1.54. The lowest BCUT2D eigenvalue weighted by molar-refractivity contribution is -0.122. The number of nitrogens with one attached hydrogen (secondary N) is 2. The number of hydrogen-bond acceptors (Lipinski definition) is 4. The van der Waals surface area contributed by atoms with Crippen LogP contribution in [0.2, 0.25) is 0 Å². The van der Waals surface area contributed by atoms with Crippen molar-refractivity contribution in [3.8, 4) is 5.75 Å². The van der Waals surface area contributed by atoms with Gasteiger partial charge in [0.2, 0.25) is 0 Å². The molecule has 0 aliphatic rings. The van der Waals surface area contributed by atoms with Crippen molar-refractivity contribution in [3.05, 3.63) is 72.8 Å². The number of methoxy groups -OCH3 is 1. The molecule has 0 saturated carbocycles. The summed E-state index contributed by atoms with van der Waals surface area (Å²) in [7, 11) is -2.39. The molecule has 0 spiro atoms. The number of amides is 1. The first-order valence-electron chi connectivity index (χ1n) is 8.90. The SMILES string of the molecule is COc1ccc(S(=O)(=O)NNC(=O)Cn2c3ccccc3c3ccccc32)cc1. The van der Waals surface area contributed by atoms with Crippen molar-refractivity contribution in [1.29, 1.82) is 0 Å². The maximum atomic E-state index is 12.5. The van der Waals surface area contributed by atoms with Gasteiger partial charge in [-0.2, -0.15) is 0 Å². The lowest BCUT2D eigenvalue weighted by atomic mass is 10.2. The van der Waals surface area contributed by atoms with Gasteiger partial charge in [0, 0.05) is 21.8 Å². The number of carbonyl (C=O) groups is 1. The third kappa shape index (κ3) is 3.67. The van der Waals surface area contributed by atoms with E-state index in [9.17, 15) is 13.2 Å². The summed E-state index contributed by atoms with van der Waals surface area (Å²) in [6.45, 7) is -0.0286. The van der Waals surface area contributed by atoms with E-state index < -0.39 is 15.9 Å². The van der Waals surface area contributed by atoms with Crippen LogP contribution in [0.3, 0.4) is 0 Å². The van der Waals surface area contributed by atoms with Crippen LogP contribution in [0, 0.1) is 0 Å². The van der Waals surface area contributed by atoms with Gasteiger partial charge >= 0.3 is 0 Å². The molecule has 8 heteroatoms. The van der Waals surface area contributed by atoms with Crippen LogP contribution in [0.25, 0.3) is 21.8 Å². The van der Waals surface area contributed by atoms with E-state index in [1.807, 2.05) is 53.1 Å². The minimum Gasteiger partial charge on any atom is -0.497 e. The van der Waals surface area contributed by atoms with E-state index in [2.05, 4.69) is 10.3 Å². The molecule has 0 fully saturated rings. The number of ether oxygens (including phenoxy) is 1. The fraction of sp³-hybridized carbons (Fsp3) is 0.0952. The molecule has 2 N–H and O–H groups in total. The van der Waals surface area contributed by atoms with Crippen molar-refractivity contribution in [2.75, 3.05) is 7.11 Å². The number of fused-ring (bicyclic) bond motifs is 3. The minimum atomic E-state index is -3.89. The molecule has 1 amide bonds. The molecule has 4 aromatic rings. The number of rotatable bonds is 6. The van der Waals surface area contributed by atoms with E-state index in [-0.39, 0.29) is 11.4 Å². The molecule has 4 rings (SSSR count). The second-order valence-electron chi connectivity index (χ2n) is 6.45. The van der Waals surface area contributed by atoms with E-state index in [4.69, 9.17) is 4.74 Å². The summed E-state index contributed by atoms with van der Waals surface area (Å²) in [5.74, 6) is 0.0629. The minimum absolute atomic E-state index is 0.0236. The highest BCUT2D eigenvalue weighted by atomic mass is 32.2. The molecular weight excluding hydrogens is 390 g/mol. The maximum absolute atomic E-state index is 12.5. The Labute approximate surface area is 167 Å². The summed E-state index contributed by atoms with van der Waals surface area (Å²) in [6, 6.07) is 21.4. The van der Waals surface area contributed by atoms with Gasteiger partial charge in [-0.25, -0.2) is 8.42 Å². The molecule has 7 nitrogen and oxygen atoms in total. The van der Waals surface area contributed by atoms with Gasteiger partial charge in [0.1, 0.15) is 12.3 Å². The molecule has 1 heterocycles. The van der Waals surface area contributed by atoms with E-state index in [1.54, 1.807) is 0 Å². The van der Waals surface area contributed by atoms with Crippen LogP contribution in [-0.4, -0.2) is 26.0 Å². The van der Waals surface area contributed by atoms with Gasteiger partial charge in [0.15, 0.2) is 0 Å². The molecule has 0 radical (unpaired) electrons. The van der Waals surface area contributed by atoms with Crippen LogP contribution in [-0.2, 0) is 21.4 Å². The van der Waals surface area contributed by atoms with Crippen LogP contribution >= 0.6 is 0 Å². The van der Waals surface area contributed by atoms with Crippen molar-refractivity contribution in [2.45, 2.75) is 11.4 Å². The van der Waals surface area contributed by atoms with Gasteiger partial charge < -0.3 is 9.30 Å². The number of sulfonamides is 1. The molecule has 0 unspecified atom stereocenters. The van der Waals surface area contributed by atoms with E-state index in [0.717, 1.165) is 21.8 Å². The molecule has 0 bridgehead atoms. The first-order chi connectivity index (χ1) is 14.0. The highest BCUT2D eigenvalue weighted by Gasteiger charge is 2.17. The Morgan fingerprint density at radius 2 is 1.45 bits per heavy atom. The van der Waals surface area contributed by atoms with Crippen molar-refractivity contribution < 1.29 is 17.9 Å². The van der Waals surface area contributed by atoms with Crippen molar-refractivity contribution in [3.63, 3.8) is 0 Å². The molecule has 148 valence electrons. The summed E-state index contributed by atoms with van der Waals surface area (Å²) in [6.07, 6.45) is 0. The number of benzene rings is 3. The fourth-order valence-corrected chi connectivity index (χ4v) is 4.16. The first-order valence-corrected chi connectivity index (χ1v) is 10.4. The normalized spacial score (nSPS) is 11.6. The molecule has 1 aromatic heterocycles. The average Bonchev–Trinajstić information content (AvgIpc) is 3.06. The number of hydrogen-bond donors (Lipinski definition) is 2. The first kappa shape index (κ1) is 19.0. The highest BCUT2D eigenvalue weighted by molar-refractivity contribution is 7.89. The van der Waals surface area contributed by atoms with Crippen molar-refractivity contribution >= 4 is 37.7 Å². The Kier molecular flexibility index (Phi) is 4.96. The van der Waals surface area contributed by atoms with Crippen molar-refractivity contribution in [2.24, 2.45) is 0 Å². The largest absolute Gasteiger partial charge is 0.497 e. The lowest BCUT2D eigenvalue weighted by Gasteiger charge is -2.11. The van der Waals surface area contributed by atoms with E-state index in [0.29, 0.717) is 5.75 Å². The summed E-state index contributed by atoms with van der Waals surface area (Å²) in [4.78, 5) is 14.7. The quantitative estimate of drug-likeness (QED) is 0.479. The standard InChI is InChI=1S/C21H19N3O4S/c1-28-15-10-12-16(13-11-15)29(26,27)23-22-21(25)14-24-19-8-4-2-6-17(19)18-7-3-5-9-20(18)24/h2-13,23H,14H2,1H3,(H,22,25). The molecule has 3 aromatic carbocycles.